The number of carbonyl (C=O) groups is 2. The van der Waals surface area contributed by atoms with Crippen molar-refractivity contribution in [2.45, 2.75) is 18.9 Å². The first-order valence-electron chi connectivity index (χ1n) is 7.58. The number of carbonyl (C=O) groups excluding carboxylic acids is 1. The van der Waals surface area contributed by atoms with Crippen LogP contribution < -0.4 is 10.1 Å². The van der Waals surface area contributed by atoms with E-state index in [4.69, 9.17) is 16.3 Å². The number of benzene rings is 2. The first kappa shape index (κ1) is 19.7. The van der Waals surface area contributed by atoms with Gasteiger partial charge in [0, 0.05) is 6.42 Å². The van der Waals surface area contributed by atoms with E-state index in [0.717, 1.165) is 12.1 Å². The van der Waals surface area contributed by atoms with Gasteiger partial charge in [-0.25, -0.2) is 13.6 Å². The zero-order valence-corrected chi connectivity index (χ0v) is 14.5. The first-order chi connectivity index (χ1) is 12.3. The number of carboxylic acids is 1. The summed E-state index contributed by atoms with van der Waals surface area (Å²) in [4.78, 5) is 23.5. The van der Waals surface area contributed by atoms with E-state index in [0.29, 0.717) is 16.3 Å². The van der Waals surface area contributed by atoms with Crippen LogP contribution in [-0.4, -0.2) is 30.1 Å². The van der Waals surface area contributed by atoms with Crippen LogP contribution in [0.5, 0.6) is 5.75 Å². The quantitative estimate of drug-likeness (QED) is 0.770. The Hall–Kier alpha value is -2.67. The highest BCUT2D eigenvalue weighted by Crippen LogP contribution is 2.25. The zero-order chi connectivity index (χ0) is 19.3. The lowest BCUT2D eigenvalue weighted by Crippen LogP contribution is -2.43. The highest BCUT2D eigenvalue weighted by Gasteiger charge is 2.21. The van der Waals surface area contributed by atoms with E-state index >= 15 is 0 Å². The second-order valence-electron chi connectivity index (χ2n) is 5.56. The molecule has 0 aliphatic rings. The van der Waals surface area contributed by atoms with Crippen molar-refractivity contribution in [2.24, 2.45) is 0 Å². The molecule has 0 heterocycles. The lowest BCUT2D eigenvalue weighted by molar-refractivity contribution is -0.141. The van der Waals surface area contributed by atoms with Crippen LogP contribution in [0.15, 0.2) is 36.4 Å². The Morgan fingerprint density at radius 2 is 1.85 bits per heavy atom. The van der Waals surface area contributed by atoms with Crippen molar-refractivity contribution in [1.82, 2.24) is 5.32 Å². The van der Waals surface area contributed by atoms with Crippen LogP contribution in [0.1, 0.15) is 11.1 Å². The number of hydrogen-bond acceptors (Lipinski definition) is 3. The molecule has 2 N–H and O–H groups in total. The molecule has 0 spiro atoms. The van der Waals surface area contributed by atoms with Crippen LogP contribution in [0.25, 0.3) is 0 Å². The number of ether oxygens (including phenoxy) is 1. The molecule has 0 saturated carbocycles. The minimum atomic E-state index is -1.23. The van der Waals surface area contributed by atoms with Crippen LogP contribution >= 0.6 is 11.6 Å². The van der Waals surface area contributed by atoms with Gasteiger partial charge in [-0.05, 0) is 35.4 Å². The standard InChI is InChI=1S/C18H16ClF2NO4/c1-26-16-5-3-10(6-12(16)19)8-15(18(24)25)22-17(23)9-11-2-4-13(20)14(21)7-11/h2-7,15H,8-9H2,1H3,(H,22,23)(H,24,25)/t15-/m1/s1. The number of aliphatic carboxylic acids is 1. The molecule has 0 aliphatic carbocycles. The molecule has 1 amide bonds. The maximum atomic E-state index is 13.2. The molecule has 26 heavy (non-hydrogen) atoms. The summed E-state index contributed by atoms with van der Waals surface area (Å²) in [7, 11) is 1.46. The zero-order valence-electron chi connectivity index (χ0n) is 13.8. The molecular weight excluding hydrogens is 368 g/mol. The molecule has 0 radical (unpaired) electrons. The monoisotopic (exact) mass is 383 g/mol. The molecule has 2 rings (SSSR count). The van der Waals surface area contributed by atoms with Gasteiger partial charge in [0.15, 0.2) is 11.6 Å². The molecule has 2 aromatic carbocycles. The predicted octanol–water partition coefficient (Wildman–Crippen LogP) is 2.98. The van der Waals surface area contributed by atoms with Crippen LogP contribution in [0.4, 0.5) is 8.78 Å². The van der Waals surface area contributed by atoms with Gasteiger partial charge in [-0.2, -0.15) is 0 Å². The summed E-state index contributed by atoms with van der Waals surface area (Å²) in [5, 5.41) is 12.0. The summed E-state index contributed by atoms with van der Waals surface area (Å²) in [6, 6.07) is 6.66. The summed E-state index contributed by atoms with van der Waals surface area (Å²) in [5.41, 5.74) is 0.828. The number of nitrogens with one attached hydrogen (secondary N) is 1. The highest BCUT2D eigenvalue weighted by molar-refractivity contribution is 6.32. The van der Waals surface area contributed by atoms with E-state index in [1.807, 2.05) is 0 Å². The Labute approximate surface area is 153 Å². The molecule has 2 aromatic rings. The fourth-order valence-electron chi connectivity index (χ4n) is 2.35. The van der Waals surface area contributed by atoms with Crippen molar-refractivity contribution < 1.29 is 28.2 Å². The van der Waals surface area contributed by atoms with Gasteiger partial charge >= 0.3 is 5.97 Å². The van der Waals surface area contributed by atoms with Crippen LogP contribution in [0, 0.1) is 11.6 Å². The molecule has 0 bridgehead atoms. The van der Waals surface area contributed by atoms with E-state index < -0.39 is 29.6 Å². The Bertz CT molecular complexity index is 829. The maximum Gasteiger partial charge on any atom is 0.326 e. The Balaban J connectivity index is 2.05. The van der Waals surface area contributed by atoms with Crippen molar-refractivity contribution in [3.05, 3.63) is 64.2 Å². The third-order valence-electron chi connectivity index (χ3n) is 3.64. The van der Waals surface area contributed by atoms with E-state index in [1.54, 1.807) is 18.2 Å². The number of hydrogen-bond donors (Lipinski definition) is 2. The molecular formula is C18H16ClF2NO4. The smallest absolute Gasteiger partial charge is 0.326 e. The van der Waals surface area contributed by atoms with Crippen LogP contribution in [0.3, 0.4) is 0 Å². The third kappa shape index (κ3) is 5.16. The van der Waals surface area contributed by atoms with Crippen molar-refractivity contribution in [3.63, 3.8) is 0 Å². The number of rotatable bonds is 7. The summed E-state index contributed by atoms with van der Waals surface area (Å²) in [6.07, 6.45) is -0.271. The van der Waals surface area contributed by atoms with Gasteiger partial charge in [-0.1, -0.05) is 23.7 Å². The second-order valence-corrected chi connectivity index (χ2v) is 5.96. The number of methoxy groups -OCH3 is 1. The van der Waals surface area contributed by atoms with Crippen LogP contribution in [0.2, 0.25) is 5.02 Å². The predicted molar refractivity (Wildman–Crippen MR) is 91.3 cm³/mol. The van der Waals surface area contributed by atoms with Gasteiger partial charge < -0.3 is 15.2 Å². The van der Waals surface area contributed by atoms with Gasteiger partial charge in [0.2, 0.25) is 5.91 Å². The molecule has 0 fully saturated rings. The van der Waals surface area contributed by atoms with Crippen molar-refractivity contribution in [2.75, 3.05) is 7.11 Å². The Morgan fingerprint density at radius 1 is 1.15 bits per heavy atom. The van der Waals surface area contributed by atoms with Gasteiger partial charge in [0.25, 0.3) is 0 Å². The molecule has 138 valence electrons. The SMILES string of the molecule is COc1ccc(C[C@@H](NC(=O)Cc2ccc(F)c(F)c2)C(=O)O)cc1Cl. The number of carboxylic acid groups (broad SMARTS) is 1. The fourth-order valence-corrected chi connectivity index (χ4v) is 2.63. The summed E-state index contributed by atoms with van der Waals surface area (Å²) in [6.45, 7) is 0. The van der Waals surface area contributed by atoms with Crippen molar-refractivity contribution in [3.8, 4) is 5.75 Å². The highest BCUT2D eigenvalue weighted by atomic mass is 35.5. The number of halogens is 3. The topological polar surface area (TPSA) is 75.6 Å². The van der Waals surface area contributed by atoms with E-state index in [1.165, 1.54) is 13.2 Å². The molecule has 0 unspecified atom stereocenters. The summed E-state index contributed by atoms with van der Waals surface area (Å²) >= 11 is 6.01. The average molecular weight is 384 g/mol. The molecule has 0 saturated heterocycles. The normalized spacial score (nSPS) is 11.7. The number of amides is 1. The lowest BCUT2D eigenvalue weighted by atomic mass is 10.0. The van der Waals surface area contributed by atoms with Gasteiger partial charge in [-0.15, -0.1) is 0 Å². The van der Waals surface area contributed by atoms with E-state index in [2.05, 4.69) is 5.32 Å². The first-order valence-corrected chi connectivity index (χ1v) is 7.96. The molecule has 0 aromatic heterocycles. The molecule has 0 aliphatic heterocycles. The summed E-state index contributed by atoms with van der Waals surface area (Å²) < 4.78 is 31.1. The Morgan fingerprint density at radius 3 is 2.42 bits per heavy atom. The minimum Gasteiger partial charge on any atom is -0.495 e. The largest absolute Gasteiger partial charge is 0.495 e. The molecule has 5 nitrogen and oxygen atoms in total. The Kier molecular flexibility index (Phi) is 6.52. The molecule has 8 heteroatoms. The average Bonchev–Trinajstić information content (AvgIpc) is 2.57. The third-order valence-corrected chi connectivity index (χ3v) is 3.93. The van der Waals surface area contributed by atoms with Crippen molar-refractivity contribution in [1.29, 1.82) is 0 Å². The van der Waals surface area contributed by atoms with Gasteiger partial charge in [0.1, 0.15) is 11.8 Å². The summed E-state index contributed by atoms with van der Waals surface area (Å²) in [5.74, 6) is -3.49. The second kappa shape index (κ2) is 8.62. The van der Waals surface area contributed by atoms with Gasteiger partial charge in [-0.3, -0.25) is 4.79 Å². The lowest BCUT2D eigenvalue weighted by Gasteiger charge is -2.15. The minimum absolute atomic E-state index is 0.00255. The fraction of sp³-hybridized carbons (Fsp3) is 0.222. The van der Waals surface area contributed by atoms with Crippen molar-refractivity contribution >= 4 is 23.5 Å². The van der Waals surface area contributed by atoms with Crippen LogP contribution in [-0.2, 0) is 22.4 Å². The van der Waals surface area contributed by atoms with E-state index in [9.17, 15) is 23.5 Å². The molecule has 1 atom stereocenters. The van der Waals surface area contributed by atoms with Gasteiger partial charge in [0.05, 0.1) is 18.6 Å². The maximum absolute atomic E-state index is 13.2. The van der Waals surface area contributed by atoms with E-state index in [-0.39, 0.29) is 18.4 Å².